The van der Waals surface area contributed by atoms with Crippen molar-refractivity contribution in [3.63, 3.8) is 0 Å². The van der Waals surface area contributed by atoms with Gasteiger partial charge in [0, 0.05) is 19.0 Å². The molecule has 2 fully saturated rings. The Hall–Kier alpha value is -2.01. The number of hydrogen-bond donors (Lipinski definition) is 2. The third-order valence-electron chi connectivity index (χ3n) is 5.59. The van der Waals surface area contributed by atoms with Gasteiger partial charge in [-0.2, -0.15) is 5.10 Å². The summed E-state index contributed by atoms with van der Waals surface area (Å²) in [6.45, 7) is 2.18. The maximum absolute atomic E-state index is 13.7. The summed E-state index contributed by atoms with van der Waals surface area (Å²) in [5, 5.41) is 14.3. The standard InChI is InChI=1S/C16H26BFN6O3/c1-17(27)24(8-15(25)23-7-12(18)5-14(23)16(19)26)13-3-2-11(4-13)6-22-10-20-9-21-22/h9-14,27H,2-8H2,1H3,(H2,19,26)/t11-,12-,13+,14-/m0/s1. The van der Waals surface area contributed by atoms with Crippen LogP contribution in [0.1, 0.15) is 25.7 Å². The van der Waals surface area contributed by atoms with Crippen molar-refractivity contribution < 1.29 is 19.0 Å². The second-order valence-corrected chi connectivity index (χ2v) is 7.55. The summed E-state index contributed by atoms with van der Waals surface area (Å²) < 4.78 is 15.5. The number of carbonyl (C=O) groups excluding carboxylic acids is 2. The number of likely N-dealkylation sites (tertiary alicyclic amines) is 1. The Morgan fingerprint density at radius 3 is 2.81 bits per heavy atom. The van der Waals surface area contributed by atoms with Crippen molar-refractivity contribution in [3.8, 4) is 0 Å². The van der Waals surface area contributed by atoms with Gasteiger partial charge in [-0.05, 0) is 32.0 Å². The first-order chi connectivity index (χ1) is 12.8. The molecule has 11 heteroatoms. The molecule has 1 aliphatic carbocycles. The van der Waals surface area contributed by atoms with Gasteiger partial charge in [-0.25, -0.2) is 9.37 Å². The molecule has 2 heterocycles. The van der Waals surface area contributed by atoms with Crippen LogP contribution in [0.4, 0.5) is 4.39 Å². The Balaban J connectivity index is 1.60. The summed E-state index contributed by atoms with van der Waals surface area (Å²) >= 11 is 0. The number of carbonyl (C=O) groups is 2. The van der Waals surface area contributed by atoms with E-state index in [1.165, 1.54) is 11.2 Å². The van der Waals surface area contributed by atoms with Gasteiger partial charge in [0.1, 0.15) is 24.9 Å². The maximum Gasteiger partial charge on any atom is 0.377 e. The highest BCUT2D eigenvalue weighted by molar-refractivity contribution is 6.45. The fourth-order valence-corrected chi connectivity index (χ4v) is 4.25. The molecule has 2 aliphatic rings. The van der Waals surface area contributed by atoms with Crippen molar-refractivity contribution in [2.75, 3.05) is 13.1 Å². The SMILES string of the molecule is CB(O)N(CC(=O)N1C[C@@H](F)C[C@H]1C(N)=O)[C@@H]1CC[C@H](Cn2cncn2)C1. The van der Waals surface area contributed by atoms with Gasteiger partial charge in [0.25, 0.3) is 0 Å². The third kappa shape index (κ3) is 4.64. The Bertz CT molecular complexity index is 661. The lowest BCUT2D eigenvalue weighted by Gasteiger charge is -2.32. The predicted molar refractivity (Wildman–Crippen MR) is 95.9 cm³/mol. The van der Waals surface area contributed by atoms with Crippen LogP contribution >= 0.6 is 0 Å². The lowest BCUT2D eigenvalue weighted by atomic mass is 9.82. The molecule has 27 heavy (non-hydrogen) atoms. The van der Waals surface area contributed by atoms with Crippen LogP contribution in [0, 0.1) is 5.92 Å². The molecular weight excluding hydrogens is 354 g/mol. The molecule has 1 aliphatic heterocycles. The first-order valence-electron chi connectivity index (χ1n) is 9.34. The zero-order valence-electron chi connectivity index (χ0n) is 15.4. The zero-order valence-corrected chi connectivity index (χ0v) is 15.4. The molecule has 0 aromatic carbocycles. The number of halogens is 1. The minimum Gasteiger partial charge on any atom is -0.437 e. The van der Waals surface area contributed by atoms with Crippen molar-refractivity contribution in [3.05, 3.63) is 12.7 Å². The van der Waals surface area contributed by atoms with Crippen molar-refractivity contribution in [2.45, 2.75) is 57.3 Å². The minimum atomic E-state index is -1.25. The highest BCUT2D eigenvalue weighted by Crippen LogP contribution is 2.31. The van der Waals surface area contributed by atoms with Crippen LogP contribution in [-0.4, -0.2) is 79.7 Å². The number of hydrogen-bond acceptors (Lipinski definition) is 6. The Morgan fingerprint density at radius 1 is 1.41 bits per heavy atom. The maximum atomic E-state index is 13.7. The molecule has 1 aromatic rings. The first-order valence-corrected chi connectivity index (χ1v) is 9.34. The van der Waals surface area contributed by atoms with Crippen LogP contribution in [0.15, 0.2) is 12.7 Å². The molecule has 0 spiro atoms. The Labute approximate surface area is 157 Å². The third-order valence-corrected chi connectivity index (χ3v) is 5.59. The quantitative estimate of drug-likeness (QED) is 0.603. The van der Waals surface area contributed by atoms with Crippen molar-refractivity contribution >= 4 is 18.9 Å². The Kier molecular flexibility index (Phi) is 6.10. The fourth-order valence-electron chi connectivity index (χ4n) is 4.25. The second kappa shape index (κ2) is 8.34. The normalized spacial score (nSPS) is 28.1. The molecule has 2 amide bonds. The predicted octanol–water partition coefficient (Wildman–Crippen LogP) is -0.717. The van der Waals surface area contributed by atoms with E-state index in [4.69, 9.17) is 5.73 Å². The number of rotatable bonds is 7. The van der Waals surface area contributed by atoms with Gasteiger partial charge in [-0.15, -0.1) is 0 Å². The molecule has 0 radical (unpaired) electrons. The first kappa shape index (κ1) is 19.7. The molecule has 0 unspecified atom stereocenters. The van der Waals surface area contributed by atoms with E-state index < -0.39 is 25.2 Å². The van der Waals surface area contributed by atoms with Crippen LogP contribution in [0.2, 0.25) is 6.82 Å². The van der Waals surface area contributed by atoms with Crippen LogP contribution in [0.3, 0.4) is 0 Å². The van der Waals surface area contributed by atoms with Gasteiger partial charge >= 0.3 is 7.05 Å². The molecule has 3 N–H and O–H groups in total. The molecule has 0 bridgehead atoms. The number of primary amides is 1. The van der Waals surface area contributed by atoms with Crippen LogP contribution in [0.25, 0.3) is 0 Å². The van der Waals surface area contributed by atoms with E-state index in [0.717, 1.165) is 25.8 Å². The largest absolute Gasteiger partial charge is 0.437 e. The van der Waals surface area contributed by atoms with Crippen molar-refractivity contribution in [2.24, 2.45) is 11.7 Å². The van der Waals surface area contributed by atoms with E-state index in [1.807, 2.05) is 0 Å². The van der Waals surface area contributed by atoms with Crippen molar-refractivity contribution in [1.82, 2.24) is 24.5 Å². The number of aromatic nitrogens is 3. The average Bonchev–Trinajstić information content (AvgIpc) is 3.33. The topological polar surface area (TPSA) is 118 Å². The average molecular weight is 380 g/mol. The highest BCUT2D eigenvalue weighted by Gasteiger charge is 2.41. The minimum absolute atomic E-state index is 0.0401. The summed E-state index contributed by atoms with van der Waals surface area (Å²) in [5.41, 5.74) is 5.31. The smallest absolute Gasteiger partial charge is 0.377 e. The monoisotopic (exact) mass is 380 g/mol. The van der Waals surface area contributed by atoms with E-state index in [1.54, 1.807) is 22.6 Å². The fraction of sp³-hybridized carbons (Fsp3) is 0.750. The lowest BCUT2D eigenvalue weighted by molar-refractivity contribution is -0.137. The van der Waals surface area contributed by atoms with E-state index in [9.17, 15) is 19.0 Å². The Morgan fingerprint density at radius 2 is 2.19 bits per heavy atom. The number of nitrogens with two attached hydrogens (primary N) is 1. The summed E-state index contributed by atoms with van der Waals surface area (Å²) in [6, 6.07) is -0.870. The van der Waals surface area contributed by atoms with Crippen LogP contribution in [0.5, 0.6) is 0 Å². The van der Waals surface area contributed by atoms with E-state index >= 15 is 0 Å². The molecule has 1 aromatic heterocycles. The highest BCUT2D eigenvalue weighted by atomic mass is 19.1. The zero-order chi connectivity index (χ0) is 19.6. The number of alkyl halides is 1. The number of amides is 2. The molecule has 9 nitrogen and oxygen atoms in total. The summed E-state index contributed by atoms with van der Waals surface area (Å²) in [5.74, 6) is -0.686. The van der Waals surface area contributed by atoms with Gasteiger partial charge < -0.3 is 20.5 Å². The van der Waals surface area contributed by atoms with E-state index in [2.05, 4.69) is 10.1 Å². The van der Waals surface area contributed by atoms with Crippen LogP contribution in [-0.2, 0) is 16.1 Å². The number of nitrogens with zero attached hydrogens (tertiary/aromatic N) is 5. The van der Waals surface area contributed by atoms with Crippen molar-refractivity contribution in [1.29, 1.82) is 0 Å². The molecule has 1 saturated carbocycles. The van der Waals surface area contributed by atoms with Gasteiger partial charge in [0.15, 0.2) is 0 Å². The van der Waals surface area contributed by atoms with Gasteiger partial charge in [-0.3, -0.25) is 14.3 Å². The van der Waals surface area contributed by atoms with Crippen LogP contribution < -0.4 is 5.73 Å². The lowest BCUT2D eigenvalue weighted by Crippen LogP contribution is -2.52. The van der Waals surface area contributed by atoms with E-state index in [0.29, 0.717) is 5.92 Å². The molecule has 148 valence electrons. The second-order valence-electron chi connectivity index (χ2n) is 7.55. The van der Waals surface area contributed by atoms with Gasteiger partial charge in [0.05, 0.1) is 13.1 Å². The summed E-state index contributed by atoms with van der Waals surface area (Å²) in [6.07, 6.45) is 4.50. The van der Waals surface area contributed by atoms with Gasteiger partial charge in [-0.1, -0.05) is 0 Å². The summed E-state index contributed by atoms with van der Waals surface area (Å²) in [7, 11) is -0.820. The molecule has 3 rings (SSSR count). The molecule has 1 saturated heterocycles. The van der Waals surface area contributed by atoms with Gasteiger partial charge in [0.2, 0.25) is 11.8 Å². The van der Waals surface area contributed by atoms with E-state index in [-0.39, 0.29) is 31.5 Å². The molecular formula is C16H26BFN6O3. The summed E-state index contributed by atoms with van der Waals surface area (Å²) in [4.78, 5) is 31.1. The molecule has 4 atom stereocenters.